The molecular formula is C40H42N4O4S. The zero-order valence-electron chi connectivity index (χ0n) is 29.2. The highest BCUT2D eigenvalue weighted by Gasteiger charge is 2.41. The van der Waals surface area contributed by atoms with Gasteiger partial charge in [-0.05, 0) is 98.8 Å². The van der Waals surface area contributed by atoms with Gasteiger partial charge in [0.1, 0.15) is 5.76 Å². The van der Waals surface area contributed by atoms with Crippen molar-refractivity contribution in [2.24, 2.45) is 26.8 Å². The van der Waals surface area contributed by atoms with Crippen LogP contribution in [-0.4, -0.2) is 45.3 Å². The molecule has 8 nitrogen and oxygen atoms in total. The Morgan fingerprint density at radius 1 is 0.959 bits per heavy atom. The fourth-order valence-corrected chi connectivity index (χ4v) is 8.85. The Morgan fingerprint density at radius 3 is 2.33 bits per heavy atom. The van der Waals surface area contributed by atoms with Crippen molar-refractivity contribution >= 4 is 33.9 Å². The van der Waals surface area contributed by atoms with E-state index in [1.54, 1.807) is 0 Å². The fraction of sp³-hybridized carbons (Fsp3) is 0.350. The Balaban J connectivity index is 1.41. The maximum Gasteiger partial charge on any atom is 0.305 e. The van der Waals surface area contributed by atoms with Crippen molar-refractivity contribution in [2.75, 3.05) is 12.9 Å². The minimum atomic E-state index is -1.27. The van der Waals surface area contributed by atoms with Gasteiger partial charge in [-0.3, -0.25) is 9.00 Å². The van der Waals surface area contributed by atoms with Crippen LogP contribution in [0.15, 0.2) is 136 Å². The van der Waals surface area contributed by atoms with Crippen LogP contribution in [0.1, 0.15) is 65.9 Å². The number of carbonyl (C=O) groups excluding carboxylic acids is 1. The average Bonchev–Trinajstić information content (AvgIpc) is 3.83. The molecule has 252 valence electrons. The molecule has 0 amide bonds. The number of rotatable bonds is 7. The third-order valence-corrected chi connectivity index (χ3v) is 12.0. The second-order valence-corrected chi connectivity index (χ2v) is 15.0. The van der Waals surface area contributed by atoms with E-state index in [2.05, 4.69) is 39.1 Å². The first-order chi connectivity index (χ1) is 23.5. The van der Waals surface area contributed by atoms with E-state index in [1.807, 2.05) is 50.3 Å². The molecule has 2 N–H and O–H groups in total. The summed E-state index contributed by atoms with van der Waals surface area (Å²) in [7, 11) is 0.141. The van der Waals surface area contributed by atoms with Crippen molar-refractivity contribution in [2.45, 2.75) is 72.1 Å². The molecular weight excluding hydrogens is 633 g/mol. The normalized spacial score (nSPS) is 23.5. The summed E-state index contributed by atoms with van der Waals surface area (Å²) in [5, 5.41) is 15.0. The largest absolute Gasteiger partial charge is 0.511 e. The first kappa shape index (κ1) is 32.9. The zero-order valence-corrected chi connectivity index (χ0v) is 30.0. The molecule has 0 spiro atoms. The Bertz CT molecular complexity index is 2090. The second kappa shape index (κ2) is 12.7. The van der Waals surface area contributed by atoms with Gasteiger partial charge in [-0.2, -0.15) is 0 Å². The number of aryl methyl sites for hydroxylation is 1. The van der Waals surface area contributed by atoms with Gasteiger partial charge in [-0.1, -0.05) is 31.5 Å². The van der Waals surface area contributed by atoms with E-state index in [9.17, 15) is 14.1 Å². The predicted octanol–water partition coefficient (Wildman–Crippen LogP) is 7.73. The highest BCUT2D eigenvalue weighted by molar-refractivity contribution is 7.85. The molecule has 0 aromatic heterocycles. The van der Waals surface area contributed by atoms with Gasteiger partial charge in [0.25, 0.3) is 0 Å². The van der Waals surface area contributed by atoms with Crippen molar-refractivity contribution in [3.63, 3.8) is 0 Å². The van der Waals surface area contributed by atoms with Gasteiger partial charge >= 0.3 is 5.97 Å². The van der Waals surface area contributed by atoms with E-state index < -0.39 is 10.8 Å². The van der Waals surface area contributed by atoms with E-state index in [0.717, 1.165) is 102 Å². The minimum absolute atomic E-state index is 0.0257. The molecule has 1 saturated heterocycles. The topological polar surface area (TPSA) is 113 Å². The number of allylic oxidation sites excluding steroid dienone is 12. The van der Waals surface area contributed by atoms with Gasteiger partial charge in [0, 0.05) is 52.1 Å². The maximum atomic E-state index is 13.8. The third kappa shape index (κ3) is 5.67. The molecule has 1 fully saturated rings. The molecule has 5 aliphatic heterocycles. The number of benzene rings is 1. The van der Waals surface area contributed by atoms with Crippen LogP contribution in [0.2, 0.25) is 0 Å². The quantitative estimate of drug-likeness (QED) is 0.288. The van der Waals surface area contributed by atoms with Crippen LogP contribution in [-0.2, 0) is 20.3 Å². The highest BCUT2D eigenvalue weighted by Crippen LogP contribution is 2.46. The Kier molecular flexibility index (Phi) is 8.51. The Labute approximate surface area is 290 Å². The number of nitrogens with zero attached hydrogens (tertiary/aromatic N) is 3. The van der Waals surface area contributed by atoms with Crippen molar-refractivity contribution in [3.8, 4) is 0 Å². The van der Waals surface area contributed by atoms with E-state index in [0.29, 0.717) is 24.4 Å². The van der Waals surface area contributed by atoms with Crippen LogP contribution in [0.5, 0.6) is 0 Å². The molecule has 7 rings (SSSR count). The number of nitrogens with one attached hydrogen (secondary N) is 1. The molecule has 8 bridgehead atoms. The maximum absolute atomic E-state index is 13.8. The fourth-order valence-electron chi connectivity index (χ4n) is 7.62. The molecule has 1 aromatic rings. The minimum Gasteiger partial charge on any atom is -0.511 e. The standard InChI is InChI=1S/C40H42N4O4S/c1-8-26-21(3)31-17-35-29(19-49(47)25-11-9-20(2)10-12-25)23(5)30(42-35)16-32-22(4)27(13-14-37(46)48-7)39(43-32)28-15-36(45)38-24(6)33(44-40(28)38)18-34(26)41-31/h9-12,16-18,22,27,43,45H,8,13-15,19H2,1-7H3/t22-,27-,49?/m0/s1. The molecule has 1 unspecified atom stereocenters. The lowest BCUT2D eigenvalue weighted by atomic mass is 9.86. The number of carbonyl (C=O) groups is 1. The number of hydrogen-bond acceptors (Lipinski definition) is 8. The summed E-state index contributed by atoms with van der Waals surface area (Å²) in [6.45, 7) is 12.5. The van der Waals surface area contributed by atoms with Crippen molar-refractivity contribution < 1.29 is 18.8 Å². The molecule has 49 heavy (non-hydrogen) atoms. The van der Waals surface area contributed by atoms with Crippen LogP contribution < -0.4 is 5.32 Å². The Morgan fingerprint density at radius 2 is 1.63 bits per heavy atom. The average molecular weight is 675 g/mol. The SMILES string of the molecule is CCC1=C(C)C2=NC1=CC1=C(C)C3=C(O)CC(=C4NC(=CC5=NC(=C2)C(CS(=O)c2ccc(C)cc2)=C5C)[C@@H](C)[C@@H]4CCC(=O)OC)C3=N1. The number of aliphatic hydroxyl groups is 1. The lowest BCUT2D eigenvalue weighted by Gasteiger charge is -2.17. The number of fused-ring (bicyclic) bond motifs is 5. The van der Waals surface area contributed by atoms with E-state index in [4.69, 9.17) is 19.7 Å². The number of aliphatic hydroxyl groups excluding tert-OH is 1. The van der Waals surface area contributed by atoms with E-state index >= 15 is 0 Å². The molecule has 1 aromatic carbocycles. The van der Waals surface area contributed by atoms with E-state index in [1.165, 1.54) is 7.11 Å². The zero-order chi connectivity index (χ0) is 34.7. The molecule has 1 aliphatic carbocycles. The summed E-state index contributed by atoms with van der Waals surface area (Å²) >= 11 is 0. The molecule has 0 radical (unpaired) electrons. The summed E-state index contributed by atoms with van der Waals surface area (Å²) in [6, 6.07) is 7.86. The van der Waals surface area contributed by atoms with Crippen molar-refractivity contribution in [3.05, 3.63) is 121 Å². The van der Waals surface area contributed by atoms with Crippen molar-refractivity contribution in [1.29, 1.82) is 0 Å². The predicted molar refractivity (Wildman–Crippen MR) is 196 cm³/mol. The molecule has 3 atom stereocenters. The van der Waals surface area contributed by atoms with Gasteiger partial charge in [0.05, 0.1) is 57.9 Å². The van der Waals surface area contributed by atoms with E-state index in [-0.39, 0.29) is 24.2 Å². The molecule has 9 heteroatoms. The lowest BCUT2D eigenvalue weighted by Crippen LogP contribution is -2.16. The van der Waals surface area contributed by atoms with Gasteiger partial charge < -0.3 is 15.2 Å². The second-order valence-electron chi connectivity index (χ2n) is 13.5. The summed E-state index contributed by atoms with van der Waals surface area (Å²) < 4.78 is 18.8. The number of aliphatic imine (C=N–C) groups is 3. The summed E-state index contributed by atoms with van der Waals surface area (Å²) in [5.41, 5.74) is 14.7. The monoisotopic (exact) mass is 674 g/mol. The summed E-state index contributed by atoms with van der Waals surface area (Å²) in [6.07, 6.45) is 8.19. The van der Waals surface area contributed by atoms with Crippen LogP contribution in [0.25, 0.3) is 0 Å². The van der Waals surface area contributed by atoms with Crippen LogP contribution in [0, 0.1) is 18.8 Å². The molecule has 0 saturated carbocycles. The summed E-state index contributed by atoms with van der Waals surface area (Å²) in [5.74, 6) is 0.382. The lowest BCUT2D eigenvalue weighted by molar-refractivity contribution is -0.140. The van der Waals surface area contributed by atoms with Gasteiger partial charge in [-0.25, -0.2) is 15.0 Å². The first-order valence-electron chi connectivity index (χ1n) is 17.0. The number of methoxy groups -OCH3 is 1. The van der Waals surface area contributed by atoms with Crippen molar-refractivity contribution in [1.82, 2.24) is 5.32 Å². The van der Waals surface area contributed by atoms with Gasteiger partial charge in [0.15, 0.2) is 0 Å². The number of hydrogen-bond donors (Lipinski definition) is 2. The highest BCUT2D eigenvalue weighted by atomic mass is 32.2. The summed E-state index contributed by atoms with van der Waals surface area (Å²) in [4.78, 5) is 28.5. The molecule has 5 heterocycles. The smallest absolute Gasteiger partial charge is 0.305 e. The van der Waals surface area contributed by atoms with Crippen LogP contribution in [0.4, 0.5) is 0 Å². The molecule has 6 aliphatic rings. The number of ether oxygens (including phenoxy) is 1. The van der Waals surface area contributed by atoms with Gasteiger partial charge in [-0.15, -0.1) is 0 Å². The Hall–Kier alpha value is -4.63. The third-order valence-electron chi connectivity index (χ3n) is 10.6. The van der Waals surface area contributed by atoms with Crippen LogP contribution >= 0.6 is 0 Å². The van der Waals surface area contributed by atoms with Gasteiger partial charge in [0.2, 0.25) is 0 Å². The van der Waals surface area contributed by atoms with Crippen LogP contribution in [0.3, 0.4) is 0 Å². The first-order valence-corrected chi connectivity index (χ1v) is 18.3. The number of esters is 1.